The molecule has 1 atom stereocenters. The van der Waals surface area contributed by atoms with Gasteiger partial charge in [0.1, 0.15) is 5.75 Å². The van der Waals surface area contributed by atoms with Gasteiger partial charge in [0, 0.05) is 12.6 Å². The minimum absolute atomic E-state index is 0.0248. The number of nitrogens with two attached hydrogens (primary N) is 1. The van der Waals surface area contributed by atoms with E-state index < -0.39 is 17.8 Å². The monoisotopic (exact) mass is 263 g/mol. The molecule has 3 nitrogen and oxygen atoms in total. The largest absolute Gasteiger partial charge is 0.497 e. The molecule has 18 heavy (non-hydrogen) atoms. The van der Waals surface area contributed by atoms with Crippen LogP contribution in [0.1, 0.15) is 30.0 Å². The van der Waals surface area contributed by atoms with Gasteiger partial charge in [0.05, 0.1) is 12.7 Å². The van der Waals surface area contributed by atoms with Crippen LogP contribution >= 0.6 is 0 Å². The third-order valence-corrected chi connectivity index (χ3v) is 2.64. The van der Waals surface area contributed by atoms with Crippen LogP contribution in [-0.2, 0) is 6.18 Å². The number of aliphatic hydroxyl groups excluding tert-OH is 1. The molecule has 6 heteroatoms. The number of benzene rings is 1. The summed E-state index contributed by atoms with van der Waals surface area (Å²) in [4.78, 5) is 0. The molecule has 0 fully saturated rings. The molecule has 0 spiro atoms. The van der Waals surface area contributed by atoms with Gasteiger partial charge in [-0.15, -0.1) is 0 Å². The maximum atomic E-state index is 12.9. The first kappa shape index (κ1) is 14.8. The van der Waals surface area contributed by atoms with Gasteiger partial charge in [-0.05, 0) is 30.5 Å². The van der Waals surface area contributed by atoms with E-state index in [2.05, 4.69) is 0 Å². The standard InChI is InChI=1S/C12H16F3NO2/c1-18-8-4-5-9(11(16)3-2-6-17)10(7-8)12(13,14)15/h4-5,7,11,17H,2-3,6,16H2,1H3/t11-/m0/s1. The molecule has 1 aromatic rings. The van der Waals surface area contributed by atoms with Crippen molar-refractivity contribution in [1.82, 2.24) is 0 Å². The number of hydrogen-bond donors (Lipinski definition) is 2. The summed E-state index contributed by atoms with van der Waals surface area (Å²) in [6.45, 7) is -0.0921. The Morgan fingerprint density at radius 2 is 2.06 bits per heavy atom. The molecule has 0 radical (unpaired) electrons. The van der Waals surface area contributed by atoms with Gasteiger partial charge in [-0.3, -0.25) is 0 Å². The molecular formula is C12H16F3NO2. The van der Waals surface area contributed by atoms with Gasteiger partial charge in [-0.1, -0.05) is 6.07 Å². The van der Waals surface area contributed by atoms with E-state index in [9.17, 15) is 13.2 Å². The van der Waals surface area contributed by atoms with Gasteiger partial charge in [-0.25, -0.2) is 0 Å². The summed E-state index contributed by atoms with van der Waals surface area (Å²) < 4.78 is 43.4. The van der Waals surface area contributed by atoms with E-state index in [0.29, 0.717) is 12.8 Å². The van der Waals surface area contributed by atoms with Crippen molar-refractivity contribution in [3.05, 3.63) is 29.3 Å². The molecule has 102 valence electrons. The molecule has 0 aliphatic heterocycles. The summed E-state index contributed by atoms with van der Waals surface area (Å²) in [6, 6.07) is 2.96. The number of halogens is 3. The van der Waals surface area contributed by atoms with Crippen LogP contribution in [0, 0.1) is 0 Å². The van der Waals surface area contributed by atoms with Gasteiger partial charge in [0.2, 0.25) is 0 Å². The Kier molecular flexibility index (Phi) is 4.98. The van der Waals surface area contributed by atoms with Crippen molar-refractivity contribution in [3.8, 4) is 5.75 Å². The fourth-order valence-electron chi connectivity index (χ4n) is 1.70. The molecule has 1 rings (SSSR count). The quantitative estimate of drug-likeness (QED) is 0.858. The van der Waals surface area contributed by atoms with Crippen molar-refractivity contribution in [2.45, 2.75) is 25.1 Å². The molecule has 0 aliphatic rings. The van der Waals surface area contributed by atoms with Crippen LogP contribution in [0.4, 0.5) is 13.2 Å². The minimum Gasteiger partial charge on any atom is -0.497 e. The third kappa shape index (κ3) is 3.61. The van der Waals surface area contributed by atoms with Gasteiger partial charge < -0.3 is 15.6 Å². The zero-order valence-corrected chi connectivity index (χ0v) is 10.00. The van der Waals surface area contributed by atoms with Crippen LogP contribution in [0.5, 0.6) is 5.75 Å². The highest BCUT2D eigenvalue weighted by atomic mass is 19.4. The Morgan fingerprint density at radius 1 is 1.39 bits per heavy atom. The van der Waals surface area contributed by atoms with Crippen molar-refractivity contribution in [1.29, 1.82) is 0 Å². The van der Waals surface area contributed by atoms with Crippen LogP contribution in [0.2, 0.25) is 0 Å². The van der Waals surface area contributed by atoms with Crippen LogP contribution < -0.4 is 10.5 Å². The number of ether oxygens (including phenoxy) is 1. The average Bonchev–Trinajstić information content (AvgIpc) is 2.34. The van der Waals surface area contributed by atoms with Gasteiger partial charge in [-0.2, -0.15) is 13.2 Å². The van der Waals surface area contributed by atoms with Crippen molar-refractivity contribution < 1.29 is 23.0 Å². The highest BCUT2D eigenvalue weighted by molar-refractivity contribution is 5.39. The maximum absolute atomic E-state index is 12.9. The summed E-state index contributed by atoms with van der Waals surface area (Å²) >= 11 is 0. The third-order valence-electron chi connectivity index (χ3n) is 2.64. The zero-order chi connectivity index (χ0) is 13.8. The Bertz CT molecular complexity index is 393. The highest BCUT2D eigenvalue weighted by Gasteiger charge is 2.35. The molecule has 0 saturated heterocycles. The fraction of sp³-hybridized carbons (Fsp3) is 0.500. The number of alkyl halides is 3. The fourth-order valence-corrected chi connectivity index (χ4v) is 1.70. The number of aliphatic hydroxyl groups is 1. The van der Waals surface area contributed by atoms with Crippen LogP contribution in [0.25, 0.3) is 0 Å². The lowest BCUT2D eigenvalue weighted by molar-refractivity contribution is -0.138. The van der Waals surface area contributed by atoms with Gasteiger partial charge in [0.25, 0.3) is 0 Å². The van der Waals surface area contributed by atoms with E-state index in [0.717, 1.165) is 6.07 Å². The predicted octanol–water partition coefficient (Wildman–Crippen LogP) is 2.49. The zero-order valence-electron chi connectivity index (χ0n) is 10.00. The molecule has 0 bridgehead atoms. The minimum atomic E-state index is -4.47. The summed E-state index contributed by atoms with van der Waals surface area (Å²) in [5.41, 5.74) is 4.96. The van der Waals surface area contributed by atoms with Crippen molar-refractivity contribution in [2.24, 2.45) is 5.73 Å². The van der Waals surface area contributed by atoms with Gasteiger partial charge in [0.15, 0.2) is 0 Å². The number of rotatable bonds is 5. The maximum Gasteiger partial charge on any atom is 0.416 e. The summed E-state index contributed by atoms with van der Waals surface area (Å²) in [7, 11) is 1.31. The normalized spacial score (nSPS) is 13.4. The van der Waals surface area contributed by atoms with Crippen LogP contribution in [0.15, 0.2) is 18.2 Å². The molecule has 1 aromatic carbocycles. The van der Waals surface area contributed by atoms with E-state index in [4.69, 9.17) is 15.6 Å². The molecule has 0 amide bonds. The average molecular weight is 263 g/mol. The van der Waals surface area contributed by atoms with E-state index >= 15 is 0 Å². The summed E-state index contributed by atoms with van der Waals surface area (Å²) in [5, 5.41) is 8.68. The lowest BCUT2D eigenvalue weighted by Gasteiger charge is -2.19. The lowest BCUT2D eigenvalue weighted by Crippen LogP contribution is -2.18. The molecule has 0 unspecified atom stereocenters. The van der Waals surface area contributed by atoms with Gasteiger partial charge >= 0.3 is 6.18 Å². The first-order chi connectivity index (χ1) is 8.40. The molecular weight excluding hydrogens is 247 g/mol. The molecule has 0 aromatic heterocycles. The highest BCUT2D eigenvalue weighted by Crippen LogP contribution is 2.37. The number of hydrogen-bond acceptors (Lipinski definition) is 3. The lowest BCUT2D eigenvalue weighted by atomic mass is 9.97. The molecule has 0 saturated carbocycles. The Labute approximate surface area is 103 Å². The molecule has 3 N–H and O–H groups in total. The Morgan fingerprint density at radius 3 is 2.56 bits per heavy atom. The van der Waals surface area contributed by atoms with E-state index in [1.165, 1.54) is 19.2 Å². The smallest absolute Gasteiger partial charge is 0.416 e. The van der Waals surface area contributed by atoms with Crippen molar-refractivity contribution in [3.63, 3.8) is 0 Å². The number of methoxy groups -OCH3 is 1. The second-order valence-electron chi connectivity index (χ2n) is 3.92. The summed E-state index contributed by atoms with van der Waals surface area (Å²) in [5.74, 6) is 0.139. The second kappa shape index (κ2) is 6.06. The van der Waals surface area contributed by atoms with E-state index in [1.807, 2.05) is 0 Å². The Balaban J connectivity index is 3.10. The second-order valence-corrected chi connectivity index (χ2v) is 3.92. The van der Waals surface area contributed by atoms with Crippen molar-refractivity contribution in [2.75, 3.05) is 13.7 Å². The topological polar surface area (TPSA) is 55.5 Å². The van der Waals surface area contributed by atoms with E-state index in [1.54, 1.807) is 0 Å². The first-order valence-electron chi connectivity index (χ1n) is 5.51. The van der Waals surface area contributed by atoms with Crippen LogP contribution in [0.3, 0.4) is 0 Å². The Hall–Kier alpha value is -1.27. The molecule has 0 aliphatic carbocycles. The SMILES string of the molecule is COc1ccc([C@@H](N)CCCO)c(C(F)(F)F)c1. The van der Waals surface area contributed by atoms with E-state index in [-0.39, 0.29) is 17.9 Å². The van der Waals surface area contributed by atoms with Crippen LogP contribution in [-0.4, -0.2) is 18.8 Å². The molecule has 0 heterocycles. The predicted molar refractivity (Wildman–Crippen MR) is 61.2 cm³/mol. The van der Waals surface area contributed by atoms with Crippen molar-refractivity contribution >= 4 is 0 Å². The first-order valence-corrected chi connectivity index (χ1v) is 5.51. The summed E-state index contributed by atoms with van der Waals surface area (Å²) in [6.07, 6.45) is -3.81.